The van der Waals surface area contributed by atoms with E-state index >= 15 is 0 Å². The summed E-state index contributed by atoms with van der Waals surface area (Å²) in [4.78, 5) is 40.7. The van der Waals surface area contributed by atoms with Crippen LogP contribution in [0, 0.1) is 18.7 Å². The van der Waals surface area contributed by atoms with Crippen molar-refractivity contribution in [2.75, 3.05) is 7.05 Å². The van der Waals surface area contributed by atoms with Gasteiger partial charge < -0.3 is 15.1 Å². The number of nitrogens with zero attached hydrogens (tertiary/aromatic N) is 4. The van der Waals surface area contributed by atoms with Gasteiger partial charge in [-0.05, 0) is 62.3 Å². The van der Waals surface area contributed by atoms with Gasteiger partial charge in [-0.25, -0.2) is 14.4 Å². The molecular weight excluding hydrogens is 437 g/mol. The van der Waals surface area contributed by atoms with E-state index < -0.39 is 0 Å². The standard InChI is InChI=1S/C25H30FN5O3/c1-15-28-21(12-23(29-15)25(33)27-14-17-4-8-19(26)9-5-17)22-13-24(34-30-22)18-6-10-20(11-7-18)31(3)16(2)32/h4-5,8-9,12,18,20,24H,6-7,10-11,13-14H2,1-3H3,(H,27,33). The van der Waals surface area contributed by atoms with Gasteiger partial charge in [0.15, 0.2) is 0 Å². The molecule has 1 saturated carbocycles. The summed E-state index contributed by atoms with van der Waals surface area (Å²) in [6.07, 6.45) is 4.49. The summed E-state index contributed by atoms with van der Waals surface area (Å²) >= 11 is 0. The Morgan fingerprint density at radius 1 is 1.15 bits per heavy atom. The summed E-state index contributed by atoms with van der Waals surface area (Å²) in [6.45, 7) is 3.61. The van der Waals surface area contributed by atoms with Crippen LogP contribution < -0.4 is 5.32 Å². The van der Waals surface area contributed by atoms with Crippen LogP contribution in [-0.4, -0.2) is 51.6 Å². The fourth-order valence-corrected chi connectivity index (χ4v) is 4.63. The number of nitrogens with one attached hydrogen (secondary N) is 1. The molecular formula is C25H30FN5O3. The largest absolute Gasteiger partial charge is 0.391 e. The molecule has 1 aliphatic heterocycles. The van der Waals surface area contributed by atoms with E-state index in [9.17, 15) is 14.0 Å². The van der Waals surface area contributed by atoms with E-state index in [1.165, 1.54) is 12.1 Å². The molecule has 1 aromatic carbocycles. The first-order valence-corrected chi connectivity index (χ1v) is 11.6. The van der Waals surface area contributed by atoms with Crippen molar-refractivity contribution in [2.24, 2.45) is 11.1 Å². The lowest BCUT2D eigenvalue weighted by molar-refractivity contribution is -0.130. The molecule has 180 valence electrons. The average Bonchev–Trinajstić information content (AvgIpc) is 3.33. The van der Waals surface area contributed by atoms with Crippen molar-refractivity contribution in [3.05, 3.63) is 58.9 Å². The maximum atomic E-state index is 13.1. The Kier molecular flexibility index (Phi) is 7.19. The van der Waals surface area contributed by atoms with Crippen LogP contribution in [0.15, 0.2) is 35.5 Å². The van der Waals surface area contributed by atoms with Crippen LogP contribution in [0.3, 0.4) is 0 Å². The Labute approximate surface area is 198 Å². The van der Waals surface area contributed by atoms with E-state index in [0.717, 1.165) is 31.2 Å². The number of carbonyl (C=O) groups excluding carboxylic acids is 2. The topological polar surface area (TPSA) is 96.8 Å². The van der Waals surface area contributed by atoms with E-state index in [1.807, 2.05) is 11.9 Å². The zero-order valence-corrected chi connectivity index (χ0v) is 19.8. The number of carbonyl (C=O) groups is 2. The Morgan fingerprint density at radius 2 is 1.85 bits per heavy atom. The smallest absolute Gasteiger partial charge is 0.270 e. The predicted octanol–water partition coefficient (Wildman–Crippen LogP) is 3.38. The molecule has 1 aromatic heterocycles. The molecule has 4 rings (SSSR count). The molecule has 8 nitrogen and oxygen atoms in total. The van der Waals surface area contributed by atoms with E-state index in [1.54, 1.807) is 32.0 Å². The second-order valence-electron chi connectivity index (χ2n) is 9.08. The van der Waals surface area contributed by atoms with Crippen LogP contribution in [0.4, 0.5) is 4.39 Å². The molecule has 1 N–H and O–H groups in total. The molecule has 9 heteroatoms. The lowest BCUT2D eigenvalue weighted by Crippen LogP contribution is -2.39. The summed E-state index contributed by atoms with van der Waals surface area (Å²) < 4.78 is 13.1. The van der Waals surface area contributed by atoms with Gasteiger partial charge in [-0.3, -0.25) is 9.59 Å². The Morgan fingerprint density at radius 3 is 2.53 bits per heavy atom. The van der Waals surface area contributed by atoms with Gasteiger partial charge in [0.2, 0.25) is 5.91 Å². The van der Waals surface area contributed by atoms with Gasteiger partial charge in [0.1, 0.15) is 29.2 Å². The number of amides is 2. The molecule has 34 heavy (non-hydrogen) atoms. The molecule has 0 spiro atoms. The minimum Gasteiger partial charge on any atom is -0.391 e. The highest BCUT2D eigenvalue weighted by Crippen LogP contribution is 2.34. The van der Waals surface area contributed by atoms with Crippen LogP contribution >= 0.6 is 0 Å². The van der Waals surface area contributed by atoms with Crippen molar-refractivity contribution in [1.29, 1.82) is 0 Å². The zero-order chi connectivity index (χ0) is 24.2. The zero-order valence-electron chi connectivity index (χ0n) is 19.8. The van der Waals surface area contributed by atoms with Crippen LogP contribution in [0.5, 0.6) is 0 Å². The summed E-state index contributed by atoms with van der Waals surface area (Å²) in [7, 11) is 1.87. The lowest BCUT2D eigenvalue weighted by Gasteiger charge is -2.35. The normalized spacial score (nSPS) is 22.0. The molecule has 2 aromatic rings. The Balaban J connectivity index is 1.35. The first kappa shape index (κ1) is 23.8. The van der Waals surface area contributed by atoms with Crippen molar-refractivity contribution in [2.45, 2.75) is 64.6 Å². The minimum atomic E-state index is -0.333. The summed E-state index contributed by atoms with van der Waals surface area (Å²) in [5, 5.41) is 7.09. The number of hydrogen-bond acceptors (Lipinski definition) is 6. The fraction of sp³-hybridized carbons (Fsp3) is 0.480. The summed E-state index contributed by atoms with van der Waals surface area (Å²) in [6, 6.07) is 7.89. The molecule has 1 fully saturated rings. The van der Waals surface area contributed by atoms with Gasteiger partial charge in [0, 0.05) is 33.0 Å². The molecule has 2 heterocycles. The van der Waals surface area contributed by atoms with E-state index in [-0.39, 0.29) is 42.0 Å². The number of oxime groups is 1. The lowest BCUT2D eigenvalue weighted by atomic mass is 9.81. The van der Waals surface area contributed by atoms with Gasteiger partial charge in [0.05, 0.1) is 5.69 Å². The van der Waals surface area contributed by atoms with Crippen LogP contribution in [-0.2, 0) is 16.2 Å². The molecule has 2 amide bonds. The molecule has 1 unspecified atom stereocenters. The first-order chi connectivity index (χ1) is 16.3. The highest BCUT2D eigenvalue weighted by atomic mass is 19.1. The van der Waals surface area contributed by atoms with Crippen molar-refractivity contribution < 1.29 is 18.8 Å². The highest BCUT2D eigenvalue weighted by Gasteiger charge is 2.35. The molecule has 1 atom stereocenters. The molecule has 1 aliphatic carbocycles. The Hall–Kier alpha value is -3.36. The third-order valence-corrected chi connectivity index (χ3v) is 6.74. The second-order valence-corrected chi connectivity index (χ2v) is 9.08. The van der Waals surface area contributed by atoms with Gasteiger partial charge in [-0.15, -0.1) is 0 Å². The number of rotatable bonds is 6. The number of halogens is 1. The average molecular weight is 468 g/mol. The number of hydrogen-bond donors (Lipinski definition) is 1. The van der Waals surface area contributed by atoms with E-state index in [4.69, 9.17) is 4.84 Å². The van der Waals surface area contributed by atoms with Gasteiger partial charge in [-0.2, -0.15) is 0 Å². The monoisotopic (exact) mass is 467 g/mol. The van der Waals surface area contributed by atoms with Gasteiger partial charge >= 0.3 is 0 Å². The van der Waals surface area contributed by atoms with E-state index in [0.29, 0.717) is 29.6 Å². The third kappa shape index (κ3) is 5.58. The molecule has 0 saturated heterocycles. The van der Waals surface area contributed by atoms with Crippen LogP contribution in [0.1, 0.15) is 66.6 Å². The minimum absolute atomic E-state index is 0.0235. The fourth-order valence-electron chi connectivity index (χ4n) is 4.63. The van der Waals surface area contributed by atoms with Crippen molar-refractivity contribution in [1.82, 2.24) is 20.2 Å². The number of aromatic nitrogens is 2. The van der Waals surface area contributed by atoms with Crippen LogP contribution in [0.25, 0.3) is 0 Å². The second kappa shape index (κ2) is 10.3. The third-order valence-electron chi connectivity index (χ3n) is 6.74. The molecule has 0 radical (unpaired) electrons. The molecule has 2 aliphatic rings. The quantitative estimate of drug-likeness (QED) is 0.703. The van der Waals surface area contributed by atoms with Crippen molar-refractivity contribution in [3.8, 4) is 0 Å². The predicted molar refractivity (Wildman–Crippen MR) is 125 cm³/mol. The molecule has 0 bridgehead atoms. The first-order valence-electron chi connectivity index (χ1n) is 11.6. The Bertz CT molecular complexity index is 1080. The van der Waals surface area contributed by atoms with E-state index in [2.05, 4.69) is 20.4 Å². The summed E-state index contributed by atoms with van der Waals surface area (Å²) in [5.74, 6) is 0.297. The maximum Gasteiger partial charge on any atom is 0.270 e. The van der Waals surface area contributed by atoms with Gasteiger partial charge in [-0.1, -0.05) is 17.3 Å². The SMILES string of the molecule is CC(=O)N(C)C1CCC(C2CC(c3cc(C(=O)NCc4ccc(F)cc4)nc(C)n3)=NO2)CC1. The van der Waals surface area contributed by atoms with Crippen LogP contribution in [0.2, 0.25) is 0 Å². The van der Waals surface area contributed by atoms with Gasteiger partial charge in [0.25, 0.3) is 5.91 Å². The summed E-state index contributed by atoms with van der Waals surface area (Å²) in [5.41, 5.74) is 2.35. The number of benzene rings is 1. The highest BCUT2D eigenvalue weighted by molar-refractivity contribution is 6.01. The van der Waals surface area contributed by atoms with Crippen molar-refractivity contribution >= 4 is 17.5 Å². The maximum absolute atomic E-state index is 13.1. The number of aryl methyl sites for hydroxylation is 1. The van der Waals surface area contributed by atoms with Crippen molar-refractivity contribution in [3.63, 3.8) is 0 Å².